The van der Waals surface area contributed by atoms with Crippen LogP contribution in [0.2, 0.25) is 0 Å². The van der Waals surface area contributed by atoms with Crippen LogP contribution in [0.5, 0.6) is 0 Å². The Morgan fingerprint density at radius 2 is 1.63 bits per heavy atom. The molecule has 2 N–H and O–H groups in total. The molecular formula is C12H16N4O3. The summed E-state index contributed by atoms with van der Waals surface area (Å²) in [6.07, 6.45) is -0.0632. The van der Waals surface area contributed by atoms with E-state index in [0.29, 0.717) is 5.01 Å². The highest BCUT2D eigenvalue weighted by atomic mass is 16.2. The van der Waals surface area contributed by atoms with Crippen molar-refractivity contribution < 1.29 is 14.4 Å². The van der Waals surface area contributed by atoms with Gasteiger partial charge in [0.1, 0.15) is 0 Å². The van der Waals surface area contributed by atoms with Crippen molar-refractivity contribution in [3.63, 3.8) is 0 Å². The monoisotopic (exact) mass is 264 g/mol. The van der Waals surface area contributed by atoms with E-state index in [4.69, 9.17) is 11.0 Å². The zero-order valence-corrected chi connectivity index (χ0v) is 11.0. The molecule has 0 radical (unpaired) electrons. The first kappa shape index (κ1) is 16.4. The minimum absolute atomic E-state index is 0.0373. The lowest BCUT2D eigenvalue weighted by atomic mass is 10.3. The molecule has 0 aliphatic carbocycles. The molecule has 0 saturated heterocycles. The summed E-state index contributed by atoms with van der Waals surface area (Å²) in [5, 5.41) is 9.82. The number of amides is 4. The number of nitriles is 1. The van der Waals surface area contributed by atoms with Crippen LogP contribution in [0.15, 0.2) is 24.3 Å². The molecule has 7 heteroatoms. The Labute approximate surface area is 111 Å². The second kappa shape index (κ2) is 6.96. The van der Waals surface area contributed by atoms with Gasteiger partial charge in [0, 0.05) is 11.1 Å². The van der Waals surface area contributed by atoms with E-state index in [1.165, 1.54) is 13.8 Å². The summed E-state index contributed by atoms with van der Waals surface area (Å²) >= 11 is 0. The average molecular weight is 264 g/mol. The Hall–Kier alpha value is -2.62. The molecule has 0 rings (SSSR count). The van der Waals surface area contributed by atoms with E-state index in [1.807, 2.05) is 6.07 Å². The van der Waals surface area contributed by atoms with Gasteiger partial charge in [-0.2, -0.15) is 10.3 Å². The van der Waals surface area contributed by atoms with Crippen molar-refractivity contribution in [2.24, 2.45) is 5.73 Å². The van der Waals surface area contributed by atoms with Crippen LogP contribution in [0.3, 0.4) is 0 Å². The molecule has 0 fully saturated rings. The van der Waals surface area contributed by atoms with E-state index < -0.39 is 17.8 Å². The van der Waals surface area contributed by atoms with Crippen LogP contribution < -0.4 is 5.73 Å². The van der Waals surface area contributed by atoms with Crippen molar-refractivity contribution >= 4 is 17.8 Å². The smallest absolute Gasteiger partial charge is 0.341 e. The number of carbonyl (C=O) groups is 3. The second-order valence-corrected chi connectivity index (χ2v) is 3.85. The van der Waals surface area contributed by atoms with Crippen molar-refractivity contribution in [1.29, 1.82) is 5.26 Å². The summed E-state index contributed by atoms with van der Waals surface area (Å²) < 4.78 is 0. The molecule has 0 aromatic rings. The summed E-state index contributed by atoms with van der Waals surface area (Å²) in [5.41, 5.74) is 5.25. The maximum Gasteiger partial charge on any atom is 0.341 e. The fraction of sp³-hybridized carbons (Fsp3) is 0.333. The number of primary amides is 1. The lowest BCUT2D eigenvalue weighted by Crippen LogP contribution is -2.55. The highest BCUT2D eigenvalue weighted by Crippen LogP contribution is 2.09. The highest BCUT2D eigenvalue weighted by molar-refractivity contribution is 6.05. The molecule has 0 aliphatic heterocycles. The van der Waals surface area contributed by atoms with Crippen LogP contribution in [-0.2, 0) is 9.59 Å². The van der Waals surface area contributed by atoms with E-state index in [2.05, 4.69) is 13.2 Å². The molecule has 0 atom stereocenters. The Morgan fingerprint density at radius 3 is 1.95 bits per heavy atom. The summed E-state index contributed by atoms with van der Waals surface area (Å²) in [5.74, 6) is -1.47. The highest BCUT2D eigenvalue weighted by Gasteiger charge is 2.30. The van der Waals surface area contributed by atoms with Crippen LogP contribution in [0.25, 0.3) is 0 Å². The first-order valence-electron chi connectivity index (χ1n) is 5.37. The van der Waals surface area contributed by atoms with Gasteiger partial charge < -0.3 is 5.73 Å². The average Bonchev–Trinajstić information content (AvgIpc) is 2.31. The number of nitrogens with two attached hydrogens (primary N) is 1. The van der Waals surface area contributed by atoms with Gasteiger partial charge >= 0.3 is 6.03 Å². The fourth-order valence-electron chi connectivity index (χ4n) is 1.18. The topological polar surface area (TPSA) is 108 Å². The van der Waals surface area contributed by atoms with Crippen LogP contribution in [0.1, 0.15) is 20.3 Å². The van der Waals surface area contributed by atoms with Crippen molar-refractivity contribution in [3.05, 3.63) is 24.3 Å². The third-order valence-corrected chi connectivity index (χ3v) is 2.04. The largest absolute Gasteiger partial charge is 0.350 e. The molecule has 0 aromatic carbocycles. The molecule has 0 aromatic heterocycles. The van der Waals surface area contributed by atoms with Gasteiger partial charge in [-0.15, -0.1) is 0 Å². The number of hydrazine groups is 1. The van der Waals surface area contributed by atoms with Gasteiger partial charge in [0.15, 0.2) is 0 Å². The fourth-order valence-corrected chi connectivity index (χ4v) is 1.18. The lowest BCUT2D eigenvalue weighted by Gasteiger charge is -2.31. The molecule has 0 saturated carbocycles. The van der Waals surface area contributed by atoms with Crippen molar-refractivity contribution in [2.75, 3.05) is 6.54 Å². The Bertz CT molecular complexity index is 476. The van der Waals surface area contributed by atoms with E-state index in [1.54, 1.807) is 0 Å². The third kappa shape index (κ3) is 4.27. The number of imide groups is 1. The Balaban J connectivity index is 5.50. The molecule has 102 valence electrons. The van der Waals surface area contributed by atoms with Crippen LogP contribution in [-0.4, -0.2) is 34.4 Å². The third-order valence-electron chi connectivity index (χ3n) is 2.04. The van der Waals surface area contributed by atoms with Gasteiger partial charge in [0.25, 0.3) is 11.8 Å². The van der Waals surface area contributed by atoms with Gasteiger partial charge in [-0.3, -0.25) is 9.59 Å². The zero-order valence-electron chi connectivity index (χ0n) is 11.0. The Morgan fingerprint density at radius 1 is 1.16 bits per heavy atom. The number of rotatable bonds is 4. The molecule has 0 aliphatic rings. The molecule has 4 amide bonds. The molecular weight excluding hydrogens is 248 g/mol. The van der Waals surface area contributed by atoms with E-state index in [-0.39, 0.29) is 24.1 Å². The van der Waals surface area contributed by atoms with Gasteiger partial charge in [0.05, 0.1) is 19.0 Å². The van der Waals surface area contributed by atoms with Crippen LogP contribution in [0.4, 0.5) is 4.79 Å². The van der Waals surface area contributed by atoms with E-state index >= 15 is 0 Å². The standard InChI is InChI=1S/C12H16N4O3/c1-8(2)10(17)15(7-5-6-13)16(12(14)19)11(18)9(3)4/h1,3,5,7H2,2,4H3,(H2,14,19). The van der Waals surface area contributed by atoms with Crippen LogP contribution >= 0.6 is 0 Å². The molecule has 7 nitrogen and oxygen atoms in total. The minimum Gasteiger partial charge on any atom is -0.350 e. The number of nitrogens with zero attached hydrogens (tertiary/aromatic N) is 3. The molecule has 19 heavy (non-hydrogen) atoms. The first-order valence-corrected chi connectivity index (χ1v) is 5.37. The Kier molecular flexibility index (Phi) is 6.00. The van der Waals surface area contributed by atoms with Gasteiger partial charge in [0.2, 0.25) is 0 Å². The van der Waals surface area contributed by atoms with E-state index in [9.17, 15) is 14.4 Å². The van der Waals surface area contributed by atoms with Crippen molar-refractivity contribution in [2.45, 2.75) is 20.3 Å². The number of hydrogen-bond donors (Lipinski definition) is 1. The summed E-state index contributed by atoms with van der Waals surface area (Å²) in [4.78, 5) is 35.1. The van der Waals surface area contributed by atoms with Crippen molar-refractivity contribution in [3.8, 4) is 6.07 Å². The van der Waals surface area contributed by atoms with E-state index in [0.717, 1.165) is 5.01 Å². The number of urea groups is 1. The predicted octanol–water partition coefficient (Wildman–Crippen LogP) is 0.703. The maximum atomic E-state index is 11.9. The summed E-state index contributed by atoms with van der Waals surface area (Å²) in [7, 11) is 0. The quantitative estimate of drug-likeness (QED) is 0.595. The molecule has 0 heterocycles. The lowest BCUT2D eigenvalue weighted by molar-refractivity contribution is -0.151. The molecule has 0 bridgehead atoms. The molecule has 0 unspecified atom stereocenters. The number of carbonyl (C=O) groups excluding carboxylic acids is 3. The molecule has 0 spiro atoms. The second-order valence-electron chi connectivity index (χ2n) is 3.85. The maximum absolute atomic E-state index is 11.9. The summed E-state index contributed by atoms with van der Waals surface area (Å²) in [6, 6.07) is 0.693. The SMILES string of the molecule is C=C(C)C(=O)N(CCC#N)N(C(N)=O)C(=O)C(=C)C. The minimum atomic E-state index is -1.12. The normalized spacial score (nSPS) is 9.11. The first-order chi connectivity index (χ1) is 8.73. The number of hydrogen-bond acceptors (Lipinski definition) is 4. The van der Waals surface area contributed by atoms with Gasteiger partial charge in [-0.1, -0.05) is 13.2 Å². The summed E-state index contributed by atoms with van der Waals surface area (Å²) in [6.45, 7) is 9.50. The zero-order chi connectivity index (χ0) is 15.2. The predicted molar refractivity (Wildman–Crippen MR) is 68.0 cm³/mol. The van der Waals surface area contributed by atoms with Crippen LogP contribution in [0, 0.1) is 11.3 Å². The van der Waals surface area contributed by atoms with Gasteiger partial charge in [-0.25, -0.2) is 9.80 Å². The van der Waals surface area contributed by atoms with Crippen molar-refractivity contribution in [1.82, 2.24) is 10.0 Å². The van der Waals surface area contributed by atoms with Gasteiger partial charge in [-0.05, 0) is 13.8 Å².